The lowest BCUT2D eigenvalue weighted by molar-refractivity contribution is -0.119. The third-order valence-electron chi connectivity index (χ3n) is 5.75. The summed E-state index contributed by atoms with van der Waals surface area (Å²) in [5, 5.41) is 3.91. The highest BCUT2D eigenvalue weighted by Gasteiger charge is 2.31. The van der Waals surface area contributed by atoms with E-state index in [-0.39, 0.29) is 11.3 Å². The first-order valence-corrected chi connectivity index (χ1v) is 10.7. The van der Waals surface area contributed by atoms with Crippen molar-refractivity contribution in [3.63, 3.8) is 0 Å². The molecule has 1 aliphatic carbocycles. The molecule has 6 heteroatoms. The molecule has 2 heterocycles. The number of nitrogens with zero attached hydrogens (tertiary/aromatic N) is 3. The van der Waals surface area contributed by atoms with E-state index in [1.807, 2.05) is 18.4 Å². The highest BCUT2D eigenvalue weighted by atomic mass is 32.1. The van der Waals surface area contributed by atoms with Crippen molar-refractivity contribution in [2.75, 3.05) is 18.6 Å². The van der Waals surface area contributed by atoms with Crippen LogP contribution >= 0.6 is 11.3 Å². The van der Waals surface area contributed by atoms with Crippen LogP contribution in [0.5, 0.6) is 5.75 Å². The molecule has 0 saturated heterocycles. The van der Waals surface area contributed by atoms with Gasteiger partial charge in [-0.05, 0) is 49.3 Å². The Hall–Kier alpha value is -2.34. The number of aromatic nitrogens is 2. The number of aryl methyl sites for hydroxylation is 1. The van der Waals surface area contributed by atoms with Crippen LogP contribution in [0.2, 0.25) is 0 Å². The molecule has 1 amide bonds. The standard InChI is InChI=1S/C22H27N3O2S/c1-5-24(21-23-10-11-28-21)20(26)14-25-18-12-15(27-4)6-7-16(18)17-8-9-22(2,3)13-19(17)25/h6-7,10-12H,5,8-9,13-14H2,1-4H3. The van der Waals surface area contributed by atoms with Gasteiger partial charge < -0.3 is 9.30 Å². The van der Waals surface area contributed by atoms with Gasteiger partial charge in [-0.2, -0.15) is 0 Å². The number of hydrogen-bond acceptors (Lipinski definition) is 4. The molecule has 0 bridgehead atoms. The van der Waals surface area contributed by atoms with Crippen LogP contribution in [0.3, 0.4) is 0 Å². The minimum absolute atomic E-state index is 0.0725. The van der Waals surface area contributed by atoms with E-state index in [9.17, 15) is 4.79 Å². The Balaban J connectivity index is 1.79. The van der Waals surface area contributed by atoms with Crippen LogP contribution < -0.4 is 9.64 Å². The Labute approximate surface area is 169 Å². The van der Waals surface area contributed by atoms with Gasteiger partial charge in [0.05, 0.1) is 12.6 Å². The van der Waals surface area contributed by atoms with Crippen molar-refractivity contribution in [1.29, 1.82) is 0 Å². The van der Waals surface area contributed by atoms with Gasteiger partial charge in [-0.3, -0.25) is 9.69 Å². The summed E-state index contributed by atoms with van der Waals surface area (Å²) in [4.78, 5) is 19.3. The summed E-state index contributed by atoms with van der Waals surface area (Å²) in [5.41, 5.74) is 4.02. The summed E-state index contributed by atoms with van der Waals surface area (Å²) in [5.74, 6) is 0.894. The smallest absolute Gasteiger partial charge is 0.248 e. The van der Waals surface area contributed by atoms with Crippen molar-refractivity contribution in [2.24, 2.45) is 5.41 Å². The van der Waals surface area contributed by atoms with Crippen LogP contribution in [0.15, 0.2) is 29.8 Å². The second kappa shape index (κ2) is 7.24. The number of ether oxygens (including phenoxy) is 1. The van der Waals surface area contributed by atoms with Gasteiger partial charge in [0.15, 0.2) is 5.13 Å². The quantitative estimate of drug-likeness (QED) is 0.628. The van der Waals surface area contributed by atoms with Crippen molar-refractivity contribution in [3.05, 3.63) is 41.0 Å². The van der Waals surface area contributed by atoms with Gasteiger partial charge >= 0.3 is 0 Å². The molecule has 5 nitrogen and oxygen atoms in total. The maximum atomic E-state index is 13.2. The number of anilines is 1. The zero-order valence-electron chi connectivity index (χ0n) is 17.0. The van der Waals surface area contributed by atoms with E-state index in [4.69, 9.17) is 4.74 Å². The molecule has 4 rings (SSSR count). The lowest BCUT2D eigenvalue weighted by Crippen LogP contribution is -2.34. The fraction of sp³-hybridized carbons (Fsp3) is 0.455. The van der Waals surface area contributed by atoms with E-state index in [0.29, 0.717) is 13.1 Å². The normalized spacial score (nSPS) is 15.4. The monoisotopic (exact) mass is 397 g/mol. The zero-order chi connectivity index (χ0) is 19.9. The molecule has 0 spiro atoms. The average molecular weight is 398 g/mol. The molecule has 0 saturated carbocycles. The largest absolute Gasteiger partial charge is 0.497 e. The molecule has 1 aliphatic rings. The number of benzene rings is 1. The second-order valence-corrected chi connectivity index (χ2v) is 9.06. The molecule has 3 aromatic rings. The predicted octanol–water partition coefficient (Wildman–Crippen LogP) is 4.67. The Bertz CT molecular complexity index is 1000. The van der Waals surface area contributed by atoms with Gasteiger partial charge in [0, 0.05) is 35.3 Å². The zero-order valence-corrected chi connectivity index (χ0v) is 17.8. The van der Waals surface area contributed by atoms with E-state index in [2.05, 4.69) is 35.5 Å². The number of carbonyl (C=O) groups is 1. The number of amides is 1. The summed E-state index contributed by atoms with van der Waals surface area (Å²) >= 11 is 1.50. The molecule has 0 aliphatic heterocycles. The molecule has 28 heavy (non-hydrogen) atoms. The van der Waals surface area contributed by atoms with Crippen molar-refractivity contribution in [1.82, 2.24) is 9.55 Å². The molecule has 148 valence electrons. The molecule has 0 unspecified atom stereocenters. The third kappa shape index (κ3) is 3.30. The number of carbonyl (C=O) groups excluding carboxylic acids is 1. The number of thiazole rings is 1. The average Bonchev–Trinajstić information content (AvgIpc) is 3.29. The summed E-state index contributed by atoms with van der Waals surface area (Å²) < 4.78 is 7.68. The Morgan fingerprint density at radius 2 is 2.21 bits per heavy atom. The first kappa shape index (κ1) is 19.0. The van der Waals surface area contributed by atoms with E-state index in [1.165, 1.54) is 34.4 Å². The van der Waals surface area contributed by atoms with Gasteiger partial charge in [0.2, 0.25) is 5.91 Å². The number of hydrogen-bond donors (Lipinski definition) is 0. The lowest BCUT2D eigenvalue weighted by atomic mass is 9.76. The molecule has 0 fully saturated rings. The Morgan fingerprint density at radius 1 is 1.39 bits per heavy atom. The van der Waals surface area contributed by atoms with E-state index in [1.54, 1.807) is 18.2 Å². The van der Waals surface area contributed by atoms with Gasteiger partial charge in [-0.25, -0.2) is 4.98 Å². The van der Waals surface area contributed by atoms with Crippen LogP contribution in [-0.2, 0) is 24.2 Å². The van der Waals surface area contributed by atoms with Crippen molar-refractivity contribution < 1.29 is 9.53 Å². The van der Waals surface area contributed by atoms with Crippen LogP contribution in [-0.4, -0.2) is 29.1 Å². The fourth-order valence-electron chi connectivity index (χ4n) is 4.24. The highest BCUT2D eigenvalue weighted by Crippen LogP contribution is 2.40. The fourth-order valence-corrected chi connectivity index (χ4v) is 4.96. The van der Waals surface area contributed by atoms with Gasteiger partial charge in [0.25, 0.3) is 0 Å². The van der Waals surface area contributed by atoms with Crippen LogP contribution in [0.1, 0.15) is 38.4 Å². The van der Waals surface area contributed by atoms with Crippen molar-refractivity contribution in [3.8, 4) is 5.75 Å². The van der Waals surface area contributed by atoms with E-state index < -0.39 is 0 Å². The number of methoxy groups -OCH3 is 1. The van der Waals surface area contributed by atoms with Crippen LogP contribution in [0, 0.1) is 5.41 Å². The molecule has 0 N–H and O–H groups in total. The maximum absolute atomic E-state index is 13.2. The number of rotatable bonds is 5. The van der Waals surface area contributed by atoms with Gasteiger partial charge in [0.1, 0.15) is 12.3 Å². The Morgan fingerprint density at radius 3 is 2.89 bits per heavy atom. The third-order valence-corrected chi connectivity index (χ3v) is 6.55. The molecule has 0 radical (unpaired) electrons. The summed E-state index contributed by atoms with van der Waals surface area (Å²) in [7, 11) is 1.68. The molecule has 2 aromatic heterocycles. The van der Waals surface area contributed by atoms with Gasteiger partial charge in [-0.15, -0.1) is 11.3 Å². The molecular formula is C22H27N3O2S. The first-order valence-electron chi connectivity index (χ1n) is 9.81. The minimum Gasteiger partial charge on any atom is -0.497 e. The topological polar surface area (TPSA) is 47.4 Å². The second-order valence-electron chi connectivity index (χ2n) is 8.19. The molecule has 0 atom stereocenters. The van der Waals surface area contributed by atoms with Crippen molar-refractivity contribution in [2.45, 2.75) is 46.6 Å². The lowest BCUT2D eigenvalue weighted by Gasteiger charge is -2.31. The minimum atomic E-state index is 0.0725. The Kier molecular flexibility index (Phi) is 4.91. The highest BCUT2D eigenvalue weighted by molar-refractivity contribution is 7.13. The van der Waals surface area contributed by atoms with Crippen LogP contribution in [0.4, 0.5) is 5.13 Å². The summed E-state index contributed by atoms with van der Waals surface area (Å²) in [6.07, 6.45) is 4.95. The molecule has 1 aromatic carbocycles. The summed E-state index contributed by atoms with van der Waals surface area (Å²) in [6.45, 7) is 7.56. The molecular weight excluding hydrogens is 370 g/mol. The van der Waals surface area contributed by atoms with Crippen molar-refractivity contribution >= 4 is 33.3 Å². The predicted molar refractivity (Wildman–Crippen MR) is 114 cm³/mol. The summed E-state index contributed by atoms with van der Waals surface area (Å²) in [6, 6.07) is 6.22. The SMILES string of the molecule is CCN(C(=O)Cn1c2c(c3ccc(OC)cc31)CCC(C)(C)C2)c1nccs1. The first-order chi connectivity index (χ1) is 13.4. The van der Waals surface area contributed by atoms with E-state index in [0.717, 1.165) is 29.2 Å². The van der Waals surface area contributed by atoms with E-state index >= 15 is 0 Å². The number of likely N-dealkylation sites (N-methyl/N-ethyl adjacent to an activating group) is 1. The maximum Gasteiger partial charge on any atom is 0.248 e. The van der Waals surface area contributed by atoms with Gasteiger partial charge in [-0.1, -0.05) is 13.8 Å². The van der Waals surface area contributed by atoms with Crippen LogP contribution in [0.25, 0.3) is 10.9 Å². The number of fused-ring (bicyclic) bond motifs is 3.